The van der Waals surface area contributed by atoms with Crippen LogP contribution in [-0.4, -0.2) is 15.3 Å². The van der Waals surface area contributed by atoms with Gasteiger partial charge in [0.15, 0.2) is 0 Å². The van der Waals surface area contributed by atoms with Crippen LogP contribution in [-0.2, 0) is 0 Å². The van der Waals surface area contributed by atoms with Gasteiger partial charge >= 0.3 is 0 Å². The average molecular weight is 140 g/mol. The van der Waals surface area contributed by atoms with E-state index in [0.29, 0.717) is 5.25 Å². The van der Waals surface area contributed by atoms with Crippen molar-refractivity contribution in [3.63, 3.8) is 0 Å². The van der Waals surface area contributed by atoms with Gasteiger partial charge in [0.05, 0.1) is 5.25 Å². The first kappa shape index (κ1) is 5.57. The zero-order chi connectivity index (χ0) is 6.48. The minimum Gasteiger partial charge on any atom is -0.374 e. The molecule has 2 atom stereocenters. The summed E-state index contributed by atoms with van der Waals surface area (Å²) in [6, 6.07) is 0. The molecule has 1 fully saturated rings. The third kappa shape index (κ3) is 0.604. The van der Waals surface area contributed by atoms with E-state index >= 15 is 0 Å². The highest BCUT2D eigenvalue weighted by atomic mass is 32.2. The fourth-order valence-corrected chi connectivity index (χ4v) is 2.07. The number of aliphatic hydroxyl groups is 1. The Labute approximate surface area is 58.5 Å². The maximum absolute atomic E-state index is 9.56. The van der Waals surface area contributed by atoms with E-state index in [4.69, 9.17) is 0 Å². The molecule has 48 valence electrons. The van der Waals surface area contributed by atoms with Crippen LogP contribution in [0.2, 0.25) is 0 Å². The third-order valence-corrected chi connectivity index (χ3v) is 3.27. The smallest absolute Gasteiger partial charge is 0.148 e. The SMILES string of the molecule is CC1=CC=CC2SC12O. The standard InChI is InChI=1S/C7H8OS/c1-5-3-2-4-6-7(5,8)9-6/h2-4,6,8H,1H3. The molecule has 0 aromatic rings. The topological polar surface area (TPSA) is 20.2 Å². The van der Waals surface area contributed by atoms with E-state index < -0.39 is 4.93 Å². The van der Waals surface area contributed by atoms with Crippen molar-refractivity contribution in [2.75, 3.05) is 0 Å². The second kappa shape index (κ2) is 1.44. The molecule has 1 heterocycles. The maximum atomic E-state index is 9.56. The average Bonchev–Trinajstić information content (AvgIpc) is 2.44. The summed E-state index contributed by atoms with van der Waals surface area (Å²) in [5.41, 5.74) is 1.08. The van der Waals surface area contributed by atoms with E-state index in [2.05, 4.69) is 0 Å². The van der Waals surface area contributed by atoms with Gasteiger partial charge in [-0.05, 0) is 12.5 Å². The van der Waals surface area contributed by atoms with E-state index in [1.54, 1.807) is 11.8 Å². The van der Waals surface area contributed by atoms with E-state index in [0.717, 1.165) is 5.57 Å². The van der Waals surface area contributed by atoms with Crippen molar-refractivity contribution in [1.82, 2.24) is 0 Å². The molecule has 2 heteroatoms. The summed E-state index contributed by atoms with van der Waals surface area (Å²) in [5.74, 6) is 0. The summed E-state index contributed by atoms with van der Waals surface area (Å²) in [7, 11) is 0. The highest BCUT2D eigenvalue weighted by Crippen LogP contribution is 2.57. The van der Waals surface area contributed by atoms with Crippen molar-refractivity contribution in [3.05, 3.63) is 23.8 Å². The number of rotatable bonds is 0. The first-order valence-corrected chi connectivity index (χ1v) is 3.87. The maximum Gasteiger partial charge on any atom is 0.148 e. The van der Waals surface area contributed by atoms with Gasteiger partial charge in [0.2, 0.25) is 0 Å². The van der Waals surface area contributed by atoms with Gasteiger partial charge in [0, 0.05) is 0 Å². The largest absolute Gasteiger partial charge is 0.374 e. The van der Waals surface area contributed by atoms with Crippen LogP contribution in [0, 0.1) is 0 Å². The molecule has 0 saturated carbocycles. The second-order valence-corrected chi connectivity index (χ2v) is 3.84. The van der Waals surface area contributed by atoms with Crippen LogP contribution < -0.4 is 0 Å². The summed E-state index contributed by atoms with van der Waals surface area (Å²) in [4.78, 5) is -0.505. The van der Waals surface area contributed by atoms with Crippen LogP contribution in [0.25, 0.3) is 0 Å². The zero-order valence-corrected chi connectivity index (χ0v) is 5.98. The lowest BCUT2D eigenvalue weighted by Gasteiger charge is -2.08. The Morgan fingerprint density at radius 2 is 2.56 bits per heavy atom. The molecule has 2 unspecified atom stereocenters. The highest BCUT2D eigenvalue weighted by molar-refractivity contribution is 8.08. The van der Waals surface area contributed by atoms with Gasteiger partial charge in [0.1, 0.15) is 4.93 Å². The summed E-state index contributed by atoms with van der Waals surface area (Å²) in [6.07, 6.45) is 6.02. The monoisotopic (exact) mass is 140 g/mol. The lowest BCUT2D eigenvalue weighted by molar-refractivity contribution is 0.215. The highest BCUT2D eigenvalue weighted by Gasteiger charge is 2.54. The summed E-state index contributed by atoms with van der Waals surface area (Å²) >= 11 is 1.61. The van der Waals surface area contributed by atoms with Crippen molar-refractivity contribution in [3.8, 4) is 0 Å². The van der Waals surface area contributed by atoms with Gasteiger partial charge in [-0.3, -0.25) is 0 Å². The Hall–Kier alpha value is -0.210. The normalized spacial score (nSPS) is 46.0. The minimum atomic E-state index is -0.505. The van der Waals surface area contributed by atoms with Crippen molar-refractivity contribution in [2.45, 2.75) is 17.1 Å². The predicted molar refractivity (Wildman–Crippen MR) is 39.2 cm³/mol. The molecule has 0 aromatic carbocycles. The summed E-state index contributed by atoms with van der Waals surface area (Å²) in [6.45, 7) is 1.97. The van der Waals surface area contributed by atoms with Gasteiger partial charge < -0.3 is 5.11 Å². The molecule has 0 spiro atoms. The van der Waals surface area contributed by atoms with Crippen molar-refractivity contribution in [2.24, 2.45) is 0 Å². The van der Waals surface area contributed by atoms with Crippen LogP contribution in [0.5, 0.6) is 0 Å². The molecule has 0 aromatic heterocycles. The molecular formula is C7H8OS. The Morgan fingerprint density at radius 3 is 3.11 bits per heavy atom. The van der Waals surface area contributed by atoms with Gasteiger partial charge in [-0.2, -0.15) is 0 Å². The lowest BCUT2D eigenvalue weighted by atomic mass is 10.0. The van der Waals surface area contributed by atoms with E-state index in [1.807, 2.05) is 25.2 Å². The van der Waals surface area contributed by atoms with Crippen LogP contribution >= 0.6 is 11.8 Å². The molecule has 1 aliphatic heterocycles. The number of allylic oxidation sites excluding steroid dienone is 2. The molecular weight excluding hydrogens is 132 g/mol. The van der Waals surface area contributed by atoms with Crippen LogP contribution in [0.3, 0.4) is 0 Å². The Morgan fingerprint density at radius 1 is 1.78 bits per heavy atom. The summed E-state index contributed by atoms with van der Waals surface area (Å²) in [5, 5.41) is 9.91. The Kier molecular flexibility index (Phi) is 0.891. The Balaban J connectivity index is 2.38. The number of hydrogen-bond donors (Lipinski definition) is 1. The molecule has 1 saturated heterocycles. The zero-order valence-electron chi connectivity index (χ0n) is 5.16. The minimum absolute atomic E-state index is 0.350. The quantitative estimate of drug-likeness (QED) is 0.512. The molecule has 2 rings (SSSR count). The lowest BCUT2D eigenvalue weighted by Crippen LogP contribution is -2.15. The molecule has 0 radical (unpaired) electrons. The van der Waals surface area contributed by atoms with E-state index in [1.165, 1.54) is 0 Å². The van der Waals surface area contributed by atoms with E-state index in [9.17, 15) is 5.11 Å². The second-order valence-electron chi connectivity index (χ2n) is 2.47. The molecule has 2 aliphatic rings. The molecule has 1 aliphatic carbocycles. The van der Waals surface area contributed by atoms with Gasteiger partial charge in [-0.15, -0.1) is 11.8 Å². The van der Waals surface area contributed by atoms with Crippen LogP contribution in [0.15, 0.2) is 23.8 Å². The van der Waals surface area contributed by atoms with Gasteiger partial charge in [-0.1, -0.05) is 18.2 Å². The van der Waals surface area contributed by atoms with Gasteiger partial charge in [-0.25, -0.2) is 0 Å². The number of fused-ring (bicyclic) bond motifs is 1. The molecule has 0 amide bonds. The van der Waals surface area contributed by atoms with E-state index in [-0.39, 0.29) is 0 Å². The third-order valence-electron chi connectivity index (χ3n) is 1.83. The molecule has 1 N–H and O–H groups in total. The van der Waals surface area contributed by atoms with Crippen molar-refractivity contribution in [1.29, 1.82) is 0 Å². The number of thioether (sulfide) groups is 1. The summed E-state index contributed by atoms with van der Waals surface area (Å²) < 4.78 is 0. The van der Waals surface area contributed by atoms with Crippen molar-refractivity contribution < 1.29 is 5.11 Å². The number of hydrogen-bond acceptors (Lipinski definition) is 2. The van der Waals surface area contributed by atoms with Crippen LogP contribution in [0.1, 0.15) is 6.92 Å². The fourth-order valence-electron chi connectivity index (χ4n) is 1.07. The fraction of sp³-hybridized carbons (Fsp3) is 0.429. The Bertz CT molecular complexity index is 207. The molecule has 1 nitrogen and oxygen atoms in total. The first-order chi connectivity index (χ1) is 4.23. The van der Waals surface area contributed by atoms with Crippen LogP contribution in [0.4, 0.5) is 0 Å². The first-order valence-electron chi connectivity index (χ1n) is 2.99. The van der Waals surface area contributed by atoms with Crippen molar-refractivity contribution >= 4 is 11.8 Å². The predicted octanol–water partition coefficient (Wildman–Crippen LogP) is 1.31. The molecule has 0 bridgehead atoms. The van der Waals surface area contributed by atoms with Gasteiger partial charge in [0.25, 0.3) is 0 Å². The molecule has 9 heavy (non-hydrogen) atoms.